The third-order valence-electron chi connectivity index (χ3n) is 1.06. The Morgan fingerprint density at radius 2 is 2.36 bits per heavy atom. The molecule has 0 rings (SSSR count). The van der Waals surface area contributed by atoms with Crippen LogP contribution in [0.5, 0.6) is 0 Å². The van der Waals surface area contributed by atoms with Crippen LogP contribution in [-0.4, -0.2) is 25.5 Å². The zero-order chi connectivity index (χ0) is 8.53. The molecule has 1 N–H and O–H groups in total. The maximum absolute atomic E-state index is 10.6. The van der Waals surface area contributed by atoms with E-state index in [2.05, 4.69) is 10.1 Å². The number of carbonyl (C=O) groups excluding carboxylic acids is 2. The van der Waals surface area contributed by atoms with E-state index in [0.29, 0.717) is 12.9 Å². The van der Waals surface area contributed by atoms with Crippen LogP contribution < -0.4 is 5.32 Å². The number of amides is 1. The van der Waals surface area contributed by atoms with Gasteiger partial charge >= 0.3 is 6.09 Å². The number of rotatable bonds is 5. The van der Waals surface area contributed by atoms with Crippen molar-refractivity contribution in [3.05, 3.63) is 0 Å². The molecular formula is C7H13NO3. The Bertz CT molecular complexity index is 125. The van der Waals surface area contributed by atoms with Gasteiger partial charge in [0.25, 0.3) is 0 Å². The Morgan fingerprint density at radius 1 is 1.64 bits per heavy atom. The van der Waals surface area contributed by atoms with E-state index in [1.165, 1.54) is 0 Å². The number of carbonyl (C=O) groups is 2. The number of ether oxygens (including phenoxy) is 1. The van der Waals surface area contributed by atoms with Gasteiger partial charge in [-0.25, -0.2) is 4.79 Å². The average molecular weight is 159 g/mol. The molecule has 0 fully saturated rings. The van der Waals surface area contributed by atoms with Crippen LogP contribution in [0.2, 0.25) is 0 Å². The van der Waals surface area contributed by atoms with E-state index in [1.54, 1.807) is 0 Å². The molecule has 0 bridgehead atoms. The summed E-state index contributed by atoms with van der Waals surface area (Å²) in [5.74, 6) is 0. The lowest BCUT2D eigenvalue weighted by Gasteiger charge is -2.02. The lowest BCUT2D eigenvalue weighted by Crippen LogP contribution is -2.26. The maximum Gasteiger partial charge on any atom is 0.407 e. The first-order valence-electron chi connectivity index (χ1n) is 3.65. The topological polar surface area (TPSA) is 55.4 Å². The molecule has 4 nitrogen and oxygen atoms in total. The van der Waals surface area contributed by atoms with Gasteiger partial charge in [0.2, 0.25) is 0 Å². The molecule has 0 aromatic heterocycles. The van der Waals surface area contributed by atoms with Crippen LogP contribution in [0.4, 0.5) is 4.79 Å². The van der Waals surface area contributed by atoms with Gasteiger partial charge < -0.3 is 14.8 Å². The molecule has 0 saturated carbocycles. The monoisotopic (exact) mass is 159 g/mol. The van der Waals surface area contributed by atoms with Crippen LogP contribution in [0.1, 0.15) is 19.8 Å². The predicted octanol–water partition coefficient (Wildman–Crippen LogP) is 0.712. The summed E-state index contributed by atoms with van der Waals surface area (Å²) in [6.45, 7) is 2.44. The number of unbranched alkanes of at least 4 members (excludes halogenated alkanes) is 1. The van der Waals surface area contributed by atoms with Crippen LogP contribution in [0.3, 0.4) is 0 Å². The summed E-state index contributed by atoms with van der Waals surface area (Å²) < 4.78 is 4.68. The van der Waals surface area contributed by atoms with Gasteiger partial charge in [0, 0.05) is 0 Å². The molecule has 0 aromatic rings. The fourth-order valence-corrected chi connectivity index (χ4v) is 0.485. The lowest BCUT2D eigenvalue weighted by atomic mass is 10.4. The summed E-state index contributed by atoms with van der Waals surface area (Å²) in [6.07, 6.45) is 1.93. The molecule has 4 heteroatoms. The standard InChI is InChI=1S/C7H13NO3/c1-2-3-6-11-7(10)8-4-5-9/h5H,2-4,6H2,1H3,(H,8,10). The summed E-state index contributed by atoms with van der Waals surface area (Å²) >= 11 is 0. The van der Waals surface area contributed by atoms with Crippen molar-refractivity contribution in [1.29, 1.82) is 0 Å². The van der Waals surface area contributed by atoms with Crippen LogP contribution in [-0.2, 0) is 9.53 Å². The van der Waals surface area contributed by atoms with E-state index < -0.39 is 6.09 Å². The number of hydrogen-bond acceptors (Lipinski definition) is 3. The van der Waals surface area contributed by atoms with Crippen molar-refractivity contribution < 1.29 is 14.3 Å². The van der Waals surface area contributed by atoms with Gasteiger partial charge in [0.15, 0.2) is 0 Å². The molecule has 0 heterocycles. The fraction of sp³-hybridized carbons (Fsp3) is 0.714. The maximum atomic E-state index is 10.6. The summed E-state index contributed by atoms with van der Waals surface area (Å²) in [6, 6.07) is 0. The smallest absolute Gasteiger partial charge is 0.407 e. The molecule has 0 aromatic carbocycles. The molecule has 1 amide bonds. The Kier molecular flexibility index (Phi) is 6.37. The second kappa shape index (κ2) is 7.05. The highest BCUT2D eigenvalue weighted by molar-refractivity contribution is 5.70. The van der Waals surface area contributed by atoms with Gasteiger partial charge in [0.1, 0.15) is 6.29 Å². The summed E-state index contributed by atoms with van der Waals surface area (Å²) in [4.78, 5) is 20.4. The lowest BCUT2D eigenvalue weighted by molar-refractivity contribution is -0.107. The minimum atomic E-state index is -0.523. The second-order valence-electron chi connectivity index (χ2n) is 2.04. The summed E-state index contributed by atoms with van der Waals surface area (Å²) in [5, 5.41) is 2.26. The van der Waals surface area contributed by atoms with Gasteiger partial charge in [-0.2, -0.15) is 0 Å². The van der Waals surface area contributed by atoms with E-state index in [1.807, 2.05) is 6.92 Å². The quantitative estimate of drug-likeness (QED) is 0.475. The molecule has 0 unspecified atom stereocenters. The van der Waals surface area contributed by atoms with Crippen molar-refractivity contribution in [2.45, 2.75) is 19.8 Å². The molecule has 0 aliphatic rings. The van der Waals surface area contributed by atoms with Gasteiger partial charge in [-0.05, 0) is 6.42 Å². The van der Waals surface area contributed by atoms with Crippen LogP contribution in [0, 0.1) is 0 Å². The Labute approximate surface area is 65.9 Å². The fourth-order valence-electron chi connectivity index (χ4n) is 0.485. The zero-order valence-corrected chi connectivity index (χ0v) is 6.63. The average Bonchev–Trinajstić information content (AvgIpc) is 2.01. The molecule has 0 spiro atoms. The van der Waals surface area contributed by atoms with E-state index >= 15 is 0 Å². The summed E-state index contributed by atoms with van der Waals surface area (Å²) in [7, 11) is 0. The Morgan fingerprint density at radius 3 is 2.91 bits per heavy atom. The predicted molar refractivity (Wildman–Crippen MR) is 40.3 cm³/mol. The normalized spacial score (nSPS) is 8.82. The van der Waals surface area contributed by atoms with E-state index in [4.69, 9.17) is 0 Å². The van der Waals surface area contributed by atoms with Gasteiger partial charge in [-0.3, -0.25) is 0 Å². The number of nitrogens with one attached hydrogen (secondary N) is 1. The third kappa shape index (κ3) is 6.83. The number of hydrogen-bond donors (Lipinski definition) is 1. The molecule has 0 aliphatic carbocycles. The van der Waals surface area contributed by atoms with Gasteiger partial charge in [0.05, 0.1) is 13.2 Å². The van der Waals surface area contributed by atoms with Crippen molar-refractivity contribution in [3.8, 4) is 0 Å². The van der Waals surface area contributed by atoms with Crippen LogP contribution in [0.25, 0.3) is 0 Å². The van der Waals surface area contributed by atoms with Gasteiger partial charge in [-0.15, -0.1) is 0 Å². The molecule has 0 aliphatic heterocycles. The highest BCUT2D eigenvalue weighted by atomic mass is 16.5. The zero-order valence-electron chi connectivity index (χ0n) is 6.63. The largest absolute Gasteiger partial charge is 0.450 e. The molecule has 11 heavy (non-hydrogen) atoms. The first-order chi connectivity index (χ1) is 5.31. The molecule has 0 saturated heterocycles. The Hall–Kier alpha value is -1.06. The van der Waals surface area contributed by atoms with Crippen molar-refractivity contribution in [3.63, 3.8) is 0 Å². The van der Waals surface area contributed by atoms with Crippen molar-refractivity contribution in [2.75, 3.05) is 13.2 Å². The first-order valence-corrected chi connectivity index (χ1v) is 3.65. The van der Waals surface area contributed by atoms with E-state index in [0.717, 1.165) is 12.8 Å². The third-order valence-corrected chi connectivity index (χ3v) is 1.06. The van der Waals surface area contributed by atoms with E-state index in [9.17, 15) is 9.59 Å². The highest BCUT2D eigenvalue weighted by Crippen LogP contribution is 1.87. The highest BCUT2D eigenvalue weighted by Gasteiger charge is 1.97. The van der Waals surface area contributed by atoms with Crippen LogP contribution in [0.15, 0.2) is 0 Å². The minimum absolute atomic E-state index is 0.0188. The van der Waals surface area contributed by atoms with Crippen molar-refractivity contribution in [1.82, 2.24) is 5.32 Å². The molecular weight excluding hydrogens is 146 g/mol. The van der Waals surface area contributed by atoms with Gasteiger partial charge in [-0.1, -0.05) is 13.3 Å². The molecule has 0 radical (unpaired) electrons. The SMILES string of the molecule is CCCCOC(=O)NCC=O. The van der Waals surface area contributed by atoms with Crippen molar-refractivity contribution >= 4 is 12.4 Å². The number of alkyl carbamates (subject to hydrolysis) is 1. The first kappa shape index (κ1) is 9.94. The number of aldehydes is 1. The molecule has 64 valence electrons. The summed E-state index contributed by atoms with van der Waals surface area (Å²) in [5.41, 5.74) is 0. The van der Waals surface area contributed by atoms with Crippen molar-refractivity contribution in [2.24, 2.45) is 0 Å². The molecule has 0 atom stereocenters. The van der Waals surface area contributed by atoms with Crippen LogP contribution >= 0.6 is 0 Å². The Balaban J connectivity index is 3.15. The minimum Gasteiger partial charge on any atom is -0.450 e. The second-order valence-corrected chi connectivity index (χ2v) is 2.04. The van der Waals surface area contributed by atoms with E-state index in [-0.39, 0.29) is 6.54 Å².